The number of aryl methyl sites for hydroxylation is 1. The summed E-state index contributed by atoms with van der Waals surface area (Å²) in [4.78, 5) is 14.2. The number of benzene rings is 1. The molecule has 0 fully saturated rings. The van der Waals surface area contributed by atoms with Gasteiger partial charge in [-0.05, 0) is 44.5 Å². The molecule has 1 aromatic rings. The molecular weight excluding hydrogens is 250 g/mol. The van der Waals surface area contributed by atoms with E-state index >= 15 is 0 Å². The van der Waals surface area contributed by atoms with Crippen molar-refractivity contribution in [2.45, 2.75) is 46.5 Å². The topological polar surface area (TPSA) is 29.5 Å². The fourth-order valence-corrected chi connectivity index (χ4v) is 2.04. The van der Waals surface area contributed by atoms with Gasteiger partial charge in [-0.25, -0.2) is 0 Å². The van der Waals surface area contributed by atoms with Gasteiger partial charge in [0, 0.05) is 0 Å². The smallest absolute Gasteiger partial charge is 0.325 e. The van der Waals surface area contributed by atoms with E-state index in [1.807, 2.05) is 31.2 Å². The van der Waals surface area contributed by atoms with Crippen molar-refractivity contribution in [3.05, 3.63) is 29.8 Å². The first-order valence-corrected chi connectivity index (χ1v) is 7.66. The molecule has 0 heterocycles. The zero-order valence-corrected chi connectivity index (χ0v) is 13.0. The molecule has 0 spiro atoms. The molecule has 112 valence electrons. The molecular formula is C17H27NO2. The maximum atomic E-state index is 12.0. The van der Waals surface area contributed by atoms with Crippen LogP contribution in [0.5, 0.6) is 5.75 Å². The zero-order chi connectivity index (χ0) is 14.8. The molecule has 0 unspecified atom stereocenters. The van der Waals surface area contributed by atoms with Gasteiger partial charge in [0.1, 0.15) is 5.75 Å². The normalized spacial score (nSPS) is 10.8. The summed E-state index contributed by atoms with van der Waals surface area (Å²) in [6, 6.07) is 7.63. The number of ether oxygens (including phenoxy) is 1. The number of nitrogens with zero attached hydrogens (tertiary/aromatic N) is 1. The van der Waals surface area contributed by atoms with Crippen molar-refractivity contribution in [1.82, 2.24) is 4.90 Å². The lowest BCUT2D eigenvalue weighted by Crippen LogP contribution is -2.34. The summed E-state index contributed by atoms with van der Waals surface area (Å²) >= 11 is 0. The molecule has 0 aliphatic heterocycles. The van der Waals surface area contributed by atoms with Crippen molar-refractivity contribution in [2.24, 2.45) is 0 Å². The van der Waals surface area contributed by atoms with Crippen LogP contribution in [0, 0.1) is 6.92 Å². The summed E-state index contributed by atoms with van der Waals surface area (Å²) in [6.07, 6.45) is 4.55. The van der Waals surface area contributed by atoms with Gasteiger partial charge in [0.2, 0.25) is 0 Å². The molecule has 1 aromatic carbocycles. The van der Waals surface area contributed by atoms with E-state index < -0.39 is 0 Å². The van der Waals surface area contributed by atoms with Gasteiger partial charge in [-0.2, -0.15) is 0 Å². The largest absolute Gasteiger partial charge is 0.425 e. The van der Waals surface area contributed by atoms with Crippen LogP contribution < -0.4 is 4.74 Å². The van der Waals surface area contributed by atoms with E-state index in [4.69, 9.17) is 4.74 Å². The summed E-state index contributed by atoms with van der Waals surface area (Å²) in [5.41, 5.74) is 0.995. The first-order chi connectivity index (χ1) is 9.67. The first-order valence-electron chi connectivity index (χ1n) is 7.66. The quantitative estimate of drug-likeness (QED) is 0.508. The van der Waals surface area contributed by atoms with E-state index in [1.54, 1.807) is 0 Å². The highest BCUT2D eigenvalue weighted by Gasteiger charge is 2.12. The summed E-state index contributed by atoms with van der Waals surface area (Å²) in [5, 5.41) is 0. The van der Waals surface area contributed by atoms with Crippen molar-refractivity contribution < 1.29 is 9.53 Å². The number of carbonyl (C=O) groups excluding carboxylic acids is 1. The maximum absolute atomic E-state index is 12.0. The van der Waals surface area contributed by atoms with E-state index in [9.17, 15) is 4.79 Å². The minimum atomic E-state index is -0.161. The molecule has 0 bridgehead atoms. The third-order valence-corrected chi connectivity index (χ3v) is 3.33. The highest BCUT2D eigenvalue weighted by atomic mass is 16.5. The third-order valence-electron chi connectivity index (χ3n) is 3.33. The zero-order valence-electron chi connectivity index (χ0n) is 13.0. The van der Waals surface area contributed by atoms with E-state index in [0.29, 0.717) is 12.3 Å². The van der Waals surface area contributed by atoms with Crippen LogP contribution in [-0.4, -0.2) is 30.5 Å². The third kappa shape index (κ3) is 6.20. The van der Waals surface area contributed by atoms with Crippen molar-refractivity contribution in [3.8, 4) is 5.75 Å². The Bertz CT molecular complexity index is 396. The van der Waals surface area contributed by atoms with Gasteiger partial charge in [-0.15, -0.1) is 0 Å². The summed E-state index contributed by atoms with van der Waals surface area (Å²) in [5.74, 6) is 0.509. The average molecular weight is 277 g/mol. The Hall–Kier alpha value is -1.35. The Morgan fingerprint density at radius 1 is 1.10 bits per heavy atom. The van der Waals surface area contributed by atoms with Crippen LogP contribution in [0.25, 0.3) is 0 Å². The molecule has 1 rings (SSSR count). The minimum Gasteiger partial charge on any atom is -0.425 e. The lowest BCUT2D eigenvalue weighted by Gasteiger charge is -2.20. The second-order valence-corrected chi connectivity index (χ2v) is 5.22. The van der Waals surface area contributed by atoms with E-state index in [1.165, 1.54) is 0 Å². The number of hydrogen-bond donors (Lipinski definition) is 0. The van der Waals surface area contributed by atoms with Crippen LogP contribution in [-0.2, 0) is 4.79 Å². The lowest BCUT2D eigenvalue weighted by molar-refractivity contribution is -0.135. The standard InChI is InChI=1S/C17H27NO2/c1-4-6-12-18(13-7-5-2)14-17(19)20-16-11-9-8-10-15(16)3/h8-11H,4-7,12-14H2,1-3H3. The van der Waals surface area contributed by atoms with E-state index in [2.05, 4.69) is 18.7 Å². The van der Waals surface area contributed by atoms with Gasteiger partial charge in [0.05, 0.1) is 6.54 Å². The molecule has 20 heavy (non-hydrogen) atoms. The molecule has 0 radical (unpaired) electrons. The van der Waals surface area contributed by atoms with E-state index in [-0.39, 0.29) is 5.97 Å². The molecule has 0 aromatic heterocycles. The van der Waals surface area contributed by atoms with Crippen LogP contribution in [0.2, 0.25) is 0 Å². The molecule has 0 aliphatic rings. The predicted octanol–water partition coefficient (Wildman–Crippen LogP) is 3.80. The van der Waals surface area contributed by atoms with Gasteiger partial charge in [-0.1, -0.05) is 44.9 Å². The van der Waals surface area contributed by atoms with Crippen LogP contribution in [0.4, 0.5) is 0 Å². The van der Waals surface area contributed by atoms with E-state index in [0.717, 1.165) is 44.3 Å². The highest BCUT2D eigenvalue weighted by molar-refractivity contribution is 5.74. The lowest BCUT2D eigenvalue weighted by atomic mass is 10.2. The highest BCUT2D eigenvalue weighted by Crippen LogP contribution is 2.16. The minimum absolute atomic E-state index is 0.161. The Labute approximate surface area is 122 Å². The second kappa shape index (κ2) is 9.54. The number of unbranched alkanes of at least 4 members (excludes halogenated alkanes) is 2. The number of para-hydroxylation sites is 1. The summed E-state index contributed by atoms with van der Waals surface area (Å²) in [6.45, 7) is 8.62. The second-order valence-electron chi connectivity index (χ2n) is 5.22. The van der Waals surface area contributed by atoms with Crippen molar-refractivity contribution in [1.29, 1.82) is 0 Å². The molecule has 0 amide bonds. The summed E-state index contributed by atoms with van der Waals surface area (Å²) in [7, 11) is 0. The number of rotatable bonds is 9. The Morgan fingerprint density at radius 2 is 1.70 bits per heavy atom. The van der Waals surface area contributed by atoms with Crippen molar-refractivity contribution in [3.63, 3.8) is 0 Å². The van der Waals surface area contributed by atoms with Gasteiger partial charge in [-0.3, -0.25) is 9.69 Å². The predicted molar refractivity (Wildman–Crippen MR) is 83.1 cm³/mol. The van der Waals surface area contributed by atoms with Crippen LogP contribution in [0.3, 0.4) is 0 Å². The van der Waals surface area contributed by atoms with Crippen LogP contribution in [0.15, 0.2) is 24.3 Å². The SMILES string of the molecule is CCCCN(CCCC)CC(=O)Oc1ccccc1C. The van der Waals surface area contributed by atoms with Gasteiger partial charge in [0.15, 0.2) is 0 Å². The molecule has 0 aliphatic carbocycles. The van der Waals surface area contributed by atoms with Crippen LogP contribution in [0.1, 0.15) is 45.1 Å². The molecule has 0 atom stereocenters. The Morgan fingerprint density at radius 3 is 2.25 bits per heavy atom. The summed E-state index contributed by atoms with van der Waals surface area (Å²) < 4.78 is 5.45. The monoisotopic (exact) mass is 277 g/mol. The van der Waals surface area contributed by atoms with Crippen LogP contribution >= 0.6 is 0 Å². The number of esters is 1. The maximum Gasteiger partial charge on any atom is 0.325 e. The fourth-order valence-electron chi connectivity index (χ4n) is 2.04. The number of carbonyl (C=O) groups is 1. The fraction of sp³-hybridized carbons (Fsp3) is 0.588. The number of hydrogen-bond acceptors (Lipinski definition) is 3. The molecule has 0 N–H and O–H groups in total. The Kier molecular flexibility index (Phi) is 7.97. The Balaban J connectivity index is 2.50. The van der Waals surface area contributed by atoms with Crippen molar-refractivity contribution >= 4 is 5.97 Å². The first kappa shape index (κ1) is 16.7. The molecule has 0 saturated carbocycles. The molecule has 3 nitrogen and oxygen atoms in total. The molecule has 3 heteroatoms. The average Bonchev–Trinajstić information content (AvgIpc) is 2.44. The van der Waals surface area contributed by atoms with Gasteiger partial charge >= 0.3 is 5.97 Å². The van der Waals surface area contributed by atoms with Gasteiger partial charge in [0.25, 0.3) is 0 Å². The molecule has 0 saturated heterocycles. The van der Waals surface area contributed by atoms with Gasteiger partial charge < -0.3 is 4.74 Å². The van der Waals surface area contributed by atoms with Crippen molar-refractivity contribution in [2.75, 3.05) is 19.6 Å².